The molecule has 5 heteroatoms. The molecular weight excluding hydrogens is 314 g/mol. The summed E-state index contributed by atoms with van der Waals surface area (Å²) in [7, 11) is 0. The molecule has 1 fully saturated rings. The van der Waals surface area contributed by atoms with Gasteiger partial charge in [-0.3, -0.25) is 14.5 Å². The summed E-state index contributed by atoms with van der Waals surface area (Å²) in [5.74, 6) is 0.229. The van der Waals surface area contributed by atoms with Crippen LogP contribution in [0.15, 0.2) is 24.3 Å². The maximum Gasteiger partial charge on any atom is 0.234 e. The average molecular weight is 345 g/mol. The topological polar surface area (TPSA) is 52.7 Å². The lowest BCUT2D eigenvalue weighted by atomic mass is 10.1. The van der Waals surface area contributed by atoms with E-state index in [1.165, 1.54) is 19.3 Å². The molecule has 1 aromatic rings. The molecule has 0 atom stereocenters. The van der Waals surface area contributed by atoms with Crippen LogP contribution in [0, 0.1) is 0 Å². The molecule has 1 aliphatic heterocycles. The van der Waals surface area contributed by atoms with Crippen molar-refractivity contribution in [3.05, 3.63) is 29.8 Å². The number of piperazine rings is 1. The molecule has 25 heavy (non-hydrogen) atoms. The maximum absolute atomic E-state index is 12.0. The molecule has 5 nitrogen and oxygen atoms in total. The van der Waals surface area contributed by atoms with Gasteiger partial charge in [0, 0.05) is 44.0 Å². The first-order valence-electron chi connectivity index (χ1n) is 9.45. The molecule has 138 valence electrons. The van der Waals surface area contributed by atoms with Gasteiger partial charge in [-0.25, -0.2) is 0 Å². The molecular formula is C20H31N3O2. The minimum atomic E-state index is 0.0945. The highest BCUT2D eigenvalue weighted by atomic mass is 16.2. The van der Waals surface area contributed by atoms with Gasteiger partial charge in [0.15, 0.2) is 5.78 Å². The lowest BCUT2D eigenvalue weighted by Crippen LogP contribution is -2.49. The van der Waals surface area contributed by atoms with Crippen molar-refractivity contribution < 1.29 is 9.59 Å². The molecule has 0 saturated carbocycles. The number of nitrogens with one attached hydrogen (secondary N) is 1. The van der Waals surface area contributed by atoms with Gasteiger partial charge >= 0.3 is 0 Å². The molecule has 0 spiro atoms. The van der Waals surface area contributed by atoms with Gasteiger partial charge in [-0.2, -0.15) is 0 Å². The van der Waals surface area contributed by atoms with Crippen LogP contribution in [0.3, 0.4) is 0 Å². The fourth-order valence-corrected chi connectivity index (χ4v) is 3.11. The van der Waals surface area contributed by atoms with E-state index in [1.54, 1.807) is 6.92 Å². The molecule has 1 aromatic carbocycles. The number of hydrogen-bond donors (Lipinski definition) is 1. The van der Waals surface area contributed by atoms with Crippen LogP contribution in [0.1, 0.15) is 49.9 Å². The number of carbonyl (C=O) groups excluding carboxylic acids is 2. The van der Waals surface area contributed by atoms with Gasteiger partial charge in [-0.15, -0.1) is 0 Å². The molecule has 1 heterocycles. The van der Waals surface area contributed by atoms with E-state index in [9.17, 15) is 9.59 Å². The Balaban J connectivity index is 1.68. The summed E-state index contributed by atoms with van der Waals surface area (Å²) in [6.45, 7) is 8.65. The fraction of sp³-hybridized carbons (Fsp3) is 0.600. The van der Waals surface area contributed by atoms with Crippen molar-refractivity contribution in [1.29, 1.82) is 0 Å². The molecule has 0 aromatic heterocycles. The second-order valence-electron chi connectivity index (χ2n) is 6.78. The molecule has 0 unspecified atom stereocenters. The smallest absolute Gasteiger partial charge is 0.234 e. The molecule has 0 radical (unpaired) electrons. The summed E-state index contributed by atoms with van der Waals surface area (Å²) < 4.78 is 0. The summed E-state index contributed by atoms with van der Waals surface area (Å²) in [5.41, 5.74) is 1.89. The highest BCUT2D eigenvalue weighted by molar-refractivity contribution is 5.94. The Morgan fingerprint density at radius 1 is 1.00 bits per heavy atom. The lowest BCUT2D eigenvalue weighted by molar-refractivity contribution is -0.122. The Morgan fingerprint density at radius 3 is 2.28 bits per heavy atom. The Labute approximate surface area is 151 Å². The van der Waals surface area contributed by atoms with Crippen molar-refractivity contribution in [2.75, 3.05) is 44.2 Å². The standard InChI is InChI=1S/C20H31N3O2/c1-3-4-5-6-11-21-20(25)16-22-12-14-23(15-13-22)19-9-7-18(8-10-19)17(2)24/h7-10H,3-6,11-16H2,1-2H3,(H,21,25). The zero-order valence-corrected chi connectivity index (χ0v) is 15.6. The van der Waals surface area contributed by atoms with Crippen LogP contribution in [-0.2, 0) is 4.79 Å². The van der Waals surface area contributed by atoms with Crippen LogP contribution in [0.2, 0.25) is 0 Å². The Kier molecular flexibility index (Phi) is 7.92. The van der Waals surface area contributed by atoms with Crippen molar-refractivity contribution in [3.63, 3.8) is 0 Å². The van der Waals surface area contributed by atoms with E-state index in [0.717, 1.165) is 50.4 Å². The number of hydrogen-bond acceptors (Lipinski definition) is 4. The average Bonchev–Trinajstić information content (AvgIpc) is 2.62. The maximum atomic E-state index is 12.0. The van der Waals surface area contributed by atoms with Gasteiger partial charge in [0.2, 0.25) is 5.91 Å². The highest BCUT2D eigenvalue weighted by Crippen LogP contribution is 2.17. The van der Waals surface area contributed by atoms with Gasteiger partial charge in [0.25, 0.3) is 0 Å². The lowest BCUT2D eigenvalue weighted by Gasteiger charge is -2.35. The minimum Gasteiger partial charge on any atom is -0.369 e. The van der Waals surface area contributed by atoms with E-state index < -0.39 is 0 Å². The van der Waals surface area contributed by atoms with Gasteiger partial charge in [-0.05, 0) is 37.6 Å². The monoisotopic (exact) mass is 345 g/mol. The van der Waals surface area contributed by atoms with Crippen molar-refractivity contribution in [3.8, 4) is 0 Å². The number of unbranched alkanes of at least 4 members (excludes halogenated alkanes) is 3. The molecule has 2 rings (SSSR count). The zero-order chi connectivity index (χ0) is 18.1. The van der Waals surface area contributed by atoms with Crippen LogP contribution in [0.4, 0.5) is 5.69 Å². The van der Waals surface area contributed by atoms with Gasteiger partial charge in [0.05, 0.1) is 6.54 Å². The van der Waals surface area contributed by atoms with Crippen LogP contribution >= 0.6 is 0 Å². The number of nitrogens with zero attached hydrogens (tertiary/aromatic N) is 2. The van der Waals surface area contributed by atoms with E-state index in [2.05, 4.69) is 22.0 Å². The van der Waals surface area contributed by atoms with Crippen LogP contribution in [-0.4, -0.2) is 55.9 Å². The summed E-state index contributed by atoms with van der Waals surface area (Å²) in [6, 6.07) is 7.79. The third-order valence-corrected chi connectivity index (χ3v) is 4.73. The predicted molar refractivity (Wildman–Crippen MR) is 102 cm³/mol. The number of amides is 1. The summed E-state index contributed by atoms with van der Waals surface area (Å²) in [4.78, 5) is 27.9. The van der Waals surface area contributed by atoms with Crippen molar-refractivity contribution >= 4 is 17.4 Å². The number of Topliss-reactive ketones (excluding diaryl/α,β-unsaturated/α-hetero) is 1. The molecule has 1 amide bonds. The second-order valence-corrected chi connectivity index (χ2v) is 6.78. The first kappa shape index (κ1) is 19.4. The minimum absolute atomic E-state index is 0.0945. The van der Waals surface area contributed by atoms with Crippen molar-refractivity contribution in [1.82, 2.24) is 10.2 Å². The van der Waals surface area contributed by atoms with E-state index in [4.69, 9.17) is 0 Å². The normalized spacial score (nSPS) is 15.2. The van der Waals surface area contributed by atoms with Gasteiger partial charge in [0.1, 0.15) is 0 Å². The number of carbonyl (C=O) groups is 2. The summed E-state index contributed by atoms with van der Waals surface area (Å²) >= 11 is 0. The van der Waals surface area contributed by atoms with E-state index in [-0.39, 0.29) is 11.7 Å². The van der Waals surface area contributed by atoms with Crippen LogP contribution in [0.25, 0.3) is 0 Å². The van der Waals surface area contributed by atoms with E-state index in [1.807, 2.05) is 24.3 Å². The summed E-state index contributed by atoms with van der Waals surface area (Å²) in [6.07, 6.45) is 4.72. The Hall–Kier alpha value is -1.88. The number of ketones is 1. The number of anilines is 1. The van der Waals surface area contributed by atoms with Gasteiger partial charge < -0.3 is 10.2 Å². The molecule has 0 bridgehead atoms. The highest BCUT2D eigenvalue weighted by Gasteiger charge is 2.19. The number of rotatable bonds is 9. The van der Waals surface area contributed by atoms with Crippen LogP contribution in [0.5, 0.6) is 0 Å². The Morgan fingerprint density at radius 2 is 1.68 bits per heavy atom. The van der Waals surface area contributed by atoms with Crippen molar-refractivity contribution in [2.24, 2.45) is 0 Å². The first-order chi connectivity index (χ1) is 12.1. The summed E-state index contributed by atoms with van der Waals surface area (Å²) in [5, 5.41) is 3.02. The fourth-order valence-electron chi connectivity index (χ4n) is 3.11. The second kappa shape index (κ2) is 10.2. The molecule has 1 saturated heterocycles. The third kappa shape index (κ3) is 6.50. The van der Waals surface area contributed by atoms with E-state index >= 15 is 0 Å². The third-order valence-electron chi connectivity index (χ3n) is 4.73. The molecule has 0 aliphatic carbocycles. The van der Waals surface area contributed by atoms with Gasteiger partial charge in [-0.1, -0.05) is 26.2 Å². The largest absolute Gasteiger partial charge is 0.369 e. The first-order valence-corrected chi connectivity index (χ1v) is 9.45. The molecule has 1 aliphatic rings. The number of benzene rings is 1. The van der Waals surface area contributed by atoms with Crippen molar-refractivity contribution in [2.45, 2.75) is 39.5 Å². The predicted octanol–water partition coefficient (Wildman–Crippen LogP) is 2.71. The van der Waals surface area contributed by atoms with E-state index in [0.29, 0.717) is 6.54 Å². The quantitative estimate of drug-likeness (QED) is 0.552. The SMILES string of the molecule is CCCCCCNC(=O)CN1CCN(c2ccc(C(C)=O)cc2)CC1. The Bertz CT molecular complexity index is 549. The molecule has 1 N–H and O–H groups in total. The zero-order valence-electron chi connectivity index (χ0n) is 15.6. The van der Waals surface area contributed by atoms with Crippen LogP contribution < -0.4 is 10.2 Å².